The van der Waals surface area contributed by atoms with Crippen LogP contribution in [0.2, 0.25) is 5.15 Å². The number of nitrogens with one attached hydrogen (secondary N) is 1. The summed E-state index contributed by atoms with van der Waals surface area (Å²) in [6.45, 7) is 1.63. The Morgan fingerprint density at radius 2 is 2.09 bits per heavy atom. The predicted octanol–water partition coefficient (Wildman–Crippen LogP) is 2.94. The molecule has 4 rings (SSSR count). The van der Waals surface area contributed by atoms with E-state index in [9.17, 15) is 0 Å². The van der Waals surface area contributed by atoms with E-state index in [0.717, 1.165) is 49.1 Å². The maximum Gasteiger partial charge on any atom is 0.152 e. The van der Waals surface area contributed by atoms with Crippen LogP contribution in [0.25, 0.3) is 0 Å². The lowest BCUT2D eigenvalue weighted by atomic mass is 10.2. The molecule has 2 aliphatic rings. The molecule has 0 spiro atoms. The molecule has 1 saturated carbocycles. The highest BCUT2D eigenvalue weighted by atomic mass is 35.5. The number of hydrogen-bond acceptors (Lipinski definition) is 5. The van der Waals surface area contributed by atoms with Gasteiger partial charge in [-0.05, 0) is 25.7 Å². The first kappa shape index (κ1) is 13.9. The molecule has 0 unspecified atom stereocenters. The minimum Gasteiger partial charge on any atom is -0.363 e. The molecule has 0 saturated heterocycles. The van der Waals surface area contributed by atoms with Crippen LogP contribution in [-0.4, -0.2) is 24.7 Å². The summed E-state index contributed by atoms with van der Waals surface area (Å²) >= 11 is 6.10. The Balaban J connectivity index is 1.50. The highest BCUT2D eigenvalue weighted by Gasteiger charge is 2.27. The van der Waals surface area contributed by atoms with Crippen molar-refractivity contribution in [2.75, 3.05) is 5.32 Å². The second-order valence-corrected chi connectivity index (χ2v) is 6.44. The monoisotopic (exact) mass is 318 g/mol. The van der Waals surface area contributed by atoms with Crippen LogP contribution < -0.4 is 5.32 Å². The fourth-order valence-electron chi connectivity index (χ4n) is 2.90. The molecule has 116 valence electrons. The zero-order valence-electron chi connectivity index (χ0n) is 12.4. The van der Waals surface area contributed by atoms with E-state index in [1.165, 1.54) is 19.3 Å². The Kier molecular flexibility index (Phi) is 3.70. The third-order valence-electron chi connectivity index (χ3n) is 4.27. The van der Waals surface area contributed by atoms with Gasteiger partial charge in [0.1, 0.15) is 22.6 Å². The smallest absolute Gasteiger partial charge is 0.152 e. The molecule has 3 heterocycles. The van der Waals surface area contributed by atoms with Crippen LogP contribution in [0, 0.1) is 0 Å². The minimum absolute atomic E-state index is 0.489. The van der Waals surface area contributed by atoms with E-state index >= 15 is 0 Å². The normalized spacial score (nSPS) is 17.9. The molecule has 1 aliphatic carbocycles. The van der Waals surface area contributed by atoms with Crippen LogP contribution >= 0.6 is 11.6 Å². The zero-order valence-corrected chi connectivity index (χ0v) is 13.2. The topological polar surface area (TPSA) is 68.5 Å². The molecular formula is C15H19ClN6. The molecule has 22 heavy (non-hydrogen) atoms. The van der Waals surface area contributed by atoms with Gasteiger partial charge in [-0.2, -0.15) is 0 Å². The summed E-state index contributed by atoms with van der Waals surface area (Å²) in [4.78, 5) is 8.87. The Hall–Kier alpha value is -1.69. The summed E-state index contributed by atoms with van der Waals surface area (Å²) in [5, 5.41) is 12.5. The van der Waals surface area contributed by atoms with Gasteiger partial charge in [-0.25, -0.2) is 9.97 Å². The third kappa shape index (κ3) is 2.92. The fraction of sp³-hybridized carbons (Fsp3) is 0.600. The largest absolute Gasteiger partial charge is 0.363 e. The summed E-state index contributed by atoms with van der Waals surface area (Å²) < 4.78 is 2.24. The lowest BCUT2D eigenvalue weighted by Gasteiger charge is -2.09. The Labute approximate surface area is 134 Å². The molecule has 1 fully saturated rings. The number of halogens is 1. The van der Waals surface area contributed by atoms with Crippen molar-refractivity contribution >= 4 is 17.4 Å². The van der Waals surface area contributed by atoms with E-state index in [-0.39, 0.29) is 0 Å². The van der Waals surface area contributed by atoms with Gasteiger partial charge < -0.3 is 9.88 Å². The molecule has 2 aromatic heterocycles. The maximum atomic E-state index is 6.10. The average Bonchev–Trinajstić information content (AvgIpc) is 3.31. The average molecular weight is 319 g/mol. The van der Waals surface area contributed by atoms with Crippen molar-refractivity contribution in [3.8, 4) is 0 Å². The van der Waals surface area contributed by atoms with Crippen molar-refractivity contribution in [2.45, 2.75) is 57.5 Å². The molecule has 2 aromatic rings. The molecule has 1 aliphatic heterocycles. The number of aromatic nitrogens is 5. The number of fused-ring (bicyclic) bond motifs is 1. The lowest BCUT2D eigenvalue weighted by molar-refractivity contribution is 0.609. The molecule has 6 nitrogen and oxygen atoms in total. The van der Waals surface area contributed by atoms with E-state index in [2.05, 4.69) is 30.0 Å². The first-order valence-electron chi connectivity index (χ1n) is 7.99. The summed E-state index contributed by atoms with van der Waals surface area (Å²) in [6.07, 6.45) is 7.02. The summed E-state index contributed by atoms with van der Waals surface area (Å²) in [5.74, 6) is 4.19. The van der Waals surface area contributed by atoms with Crippen molar-refractivity contribution in [1.29, 1.82) is 0 Å². The molecule has 0 radical (unpaired) electrons. The van der Waals surface area contributed by atoms with Crippen LogP contribution in [0.3, 0.4) is 0 Å². The van der Waals surface area contributed by atoms with Crippen molar-refractivity contribution in [3.05, 3.63) is 28.7 Å². The number of aryl methyl sites for hydroxylation is 1. The molecular weight excluding hydrogens is 300 g/mol. The van der Waals surface area contributed by atoms with E-state index in [1.807, 2.05) is 0 Å². The third-order valence-corrected chi connectivity index (χ3v) is 4.46. The molecule has 0 amide bonds. The van der Waals surface area contributed by atoms with Crippen LogP contribution in [0.1, 0.15) is 55.5 Å². The molecule has 1 N–H and O–H groups in total. The van der Waals surface area contributed by atoms with Crippen molar-refractivity contribution in [1.82, 2.24) is 24.7 Å². The maximum absolute atomic E-state index is 6.10. The lowest BCUT2D eigenvalue weighted by Crippen LogP contribution is -2.11. The standard InChI is InChI=1S/C15H19ClN6/c16-11-8-12(19-15(18-11)10-5-6-10)17-9-14-21-20-13-4-2-1-3-7-22(13)14/h8,10H,1-7,9H2,(H,17,18,19). The second-order valence-electron chi connectivity index (χ2n) is 6.06. The predicted molar refractivity (Wildman–Crippen MR) is 83.9 cm³/mol. The molecule has 0 aromatic carbocycles. The molecule has 0 atom stereocenters. The Morgan fingerprint density at radius 1 is 1.18 bits per heavy atom. The summed E-state index contributed by atoms with van der Waals surface area (Å²) in [7, 11) is 0. The molecule has 7 heteroatoms. The second kappa shape index (κ2) is 5.83. The summed E-state index contributed by atoms with van der Waals surface area (Å²) in [6, 6.07) is 1.77. The van der Waals surface area contributed by atoms with Crippen LogP contribution in [0.15, 0.2) is 6.07 Å². The van der Waals surface area contributed by atoms with E-state index in [0.29, 0.717) is 17.6 Å². The van der Waals surface area contributed by atoms with Gasteiger partial charge in [0, 0.05) is 24.9 Å². The molecule has 0 bridgehead atoms. The number of anilines is 1. The van der Waals surface area contributed by atoms with Crippen LogP contribution in [0.5, 0.6) is 0 Å². The van der Waals surface area contributed by atoms with Crippen molar-refractivity contribution < 1.29 is 0 Å². The quantitative estimate of drug-likeness (QED) is 0.878. The van der Waals surface area contributed by atoms with Gasteiger partial charge in [0.15, 0.2) is 5.82 Å². The summed E-state index contributed by atoms with van der Waals surface area (Å²) in [5.41, 5.74) is 0. The first-order valence-corrected chi connectivity index (χ1v) is 8.37. The van der Waals surface area contributed by atoms with Crippen molar-refractivity contribution in [2.24, 2.45) is 0 Å². The number of hydrogen-bond donors (Lipinski definition) is 1. The van der Waals surface area contributed by atoms with Gasteiger partial charge in [-0.1, -0.05) is 18.0 Å². The number of nitrogens with zero attached hydrogens (tertiary/aromatic N) is 5. The van der Waals surface area contributed by atoms with Crippen LogP contribution in [0.4, 0.5) is 5.82 Å². The Bertz CT molecular complexity index is 679. The van der Waals surface area contributed by atoms with E-state index < -0.39 is 0 Å². The SMILES string of the molecule is Clc1cc(NCc2nnc3n2CCCCC3)nc(C2CC2)n1. The van der Waals surface area contributed by atoms with E-state index in [1.54, 1.807) is 6.07 Å². The van der Waals surface area contributed by atoms with Gasteiger partial charge in [-0.15, -0.1) is 10.2 Å². The van der Waals surface area contributed by atoms with E-state index in [4.69, 9.17) is 11.6 Å². The van der Waals surface area contributed by atoms with Gasteiger partial charge in [0.05, 0.1) is 6.54 Å². The van der Waals surface area contributed by atoms with Gasteiger partial charge in [-0.3, -0.25) is 0 Å². The van der Waals surface area contributed by atoms with Crippen molar-refractivity contribution in [3.63, 3.8) is 0 Å². The number of rotatable bonds is 4. The highest BCUT2D eigenvalue weighted by molar-refractivity contribution is 6.29. The zero-order chi connectivity index (χ0) is 14.9. The van der Waals surface area contributed by atoms with Gasteiger partial charge in [0.2, 0.25) is 0 Å². The Morgan fingerprint density at radius 3 is 2.95 bits per heavy atom. The van der Waals surface area contributed by atoms with Crippen LogP contribution in [-0.2, 0) is 19.5 Å². The van der Waals surface area contributed by atoms with Gasteiger partial charge in [0.25, 0.3) is 0 Å². The minimum atomic E-state index is 0.489. The highest BCUT2D eigenvalue weighted by Crippen LogP contribution is 2.38. The fourth-order valence-corrected chi connectivity index (χ4v) is 3.09. The first-order chi connectivity index (χ1) is 10.8. The van der Waals surface area contributed by atoms with Gasteiger partial charge >= 0.3 is 0 Å².